The number of likely N-dealkylation sites (tertiary alicyclic amines) is 1. The van der Waals surface area contributed by atoms with Crippen molar-refractivity contribution in [2.75, 3.05) is 25.0 Å². The van der Waals surface area contributed by atoms with E-state index in [1.165, 1.54) is 0 Å². The summed E-state index contributed by atoms with van der Waals surface area (Å²) >= 11 is 0.716. The van der Waals surface area contributed by atoms with Crippen molar-refractivity contribution in [3.8, 4) is 10.7 Å². The number of nitrogens with zero attached hydrogens (tertiary/aromatic N) is 3. The van der Waals surface area contributed by atoms with Gasteiger partial charge in [0.1, 0.15) is 18.3 Å². The fourth-order valence-corrected chi connectivity index (χ4v) is 6.82. The molecule has 2 aliphatic rings. The van der Waals surface area contributed by atoms with Crippen molar-refractivity contribution in [2.45, 2.75) is 60.6 Å². The van der Waals surface area contributed by atoms with Crippen LogP contribution < -0.4 is 10.6 Å². The number of thioether (sulfide) groups is 1. The van der Waals surface area contributed by atoms with Gasteiger partial charge in [-0.15, -0.1) is 11.3 Å². The zero-order chi connectivity index (χ0) is 27.4. The largest absolute Gasteiger partial charge is 0.446 e. The molecule has 0 bridgehead atoms. The fraction of sp³-hybridized carbons (Fsp3) is 0.522. The normalized spacial score (nSPS) is 24.9. The highest BCUT2D eigenvalue weighted by atomic mass is 32.2. The summed E-state index contributed by atoms with van der Waals surface area (Å²) in [6.07, 6.45) is -2.48. The summed E-state index contributed by atoms with van der Waals surface area (Å²) < 4.78 is 61.3. The smallest absolute Gasteiger partial charge is 0.389 e. The summed E-state index contributed by atoms with van der Waals surface area (Å²) in [7, 11) is 0. The molecule has 2 aromatic heterocycles. The molecule has 1 amide bonds. The third-order valence-corrected chi connectivity index (χ3v) is 8.41. The minimum Gasteiger partial charge on any atom is -0.389 e. The van der Waals surface area contributed by atoms with E-state index in [4.69, 9.17) is 4.52 Å². The molecule has 4 atom stereocenters. The molecule has 5 rings (SSSR count). The van der Waals surface area contributed by atoms with E-state index in [1.54, 1.807) is 36.9 Å². The topological polar surface area (TPSA) is 124 Å². The Morgan fingerprint density at radius 3 is 2.74 bits per heavy atom. The molecule has 3 aromatic rings. The Kier molecular flexibility index (Phi) is 7.09. The first-order chi connectivity index (χ1) is 17.8. The Bertz CT molecular complexity index is 1340. The van der Waals surface area contributed by atoms with Crippen LogP contribution in [0.3, 0.4) is 0 Å². The van der Waals surface area contributed by atoms with Crippen LogP contribution in [-0.4, -0.2) is 80.2 Å². The number of rotatable bonds is 7. The fourth-order valence-electron chi connectivity index (χ4n) is 4.72. The number of β-amino-alcohol motifs (C(OH)–C–C–N with tert-alkyl or cyclic N) is 1. The molecule has 4 N–H and O–H groups in total. The maximum atomic E-state index is 14.9. The molecule has 0 spiro atoms. The highest BCUT2D eigenvalue weighted by Gasteiger charge is 2.38. The lowest BCUT2D eigenvalue weighted by Crippen LogP contribution is -2.38. The molecule has 1 aromatic carbocycles. The van der Waals surface area contributed by atoms with Gasteiger partial charge in [-0.3, -0.25) is 9.69 Å². The number of hydrogen-bond donors (Lipinski definition) is 4. The molecule has 38 heavy (non-hydrogen) atoms. The second-order valence-corrected chi connectivity index (χ2v) is 12.1. The highest BCUT2D eigenvalue weighted by Crippen LogP contribution is 2.51. The number of benzene rings is 1. The summed E-state index contributed by atoms with van der Waals surface area (Å²) in [5, 5.41) is 29.6. The number of nitrogens with one attached hydrogen (secondary N) is 2. The van der Waals surface area contributed by atoms with Crippen LogP contribution in [0, 0.1) is 0 Å². The number of fused-ring (bicyclic) bond motifs is 1. The molecule has 15 heteroatoms. The molecule has 206 valence electrons. The van der Waals surface area contributed by atoms with Crippen LogP contribution in [0.4, 0.5) is 23.2 Å². The minimum atomic E-state index is -4.60. The third kappa shape index (κ3) is 5.76. The van der Waals surface area contributed by atoms with Gasteiger partial charge in [-0.1, -0.05) is 17.3 Å². The van der Waals surface area contributed by atoms with Crippen LogP contribution in [0.1, 0.15) is 32.2 Å². The standard InChI is InChI=1S/C23H25F4N5O4S2/c1-22(2,35)9-32-7-11(24)14(8-32)28-12-5-3-4-10-16(12)37-18(17(10)38-23(25,26)27)19-30-21(36-31-19)13-6-15(33)20(34)29-13/h3-5,11,13-15,28,33,35H,6-9H2,1-2H3,(H,29,34)/t11-,13+,14+,15-/m0/s1. The number of carbonyl (C=O) groups excluding carboxylic acids is 1. The average Bonchev–Trinajstić information content (AvgIpc) is 3.55. The number of aromatic nitrogens is 2. The number of anilines is 1. The Hall–Kier alpha value is -2.46. The highest BCUT2D eigenvalue weighted by molar-refractivity contribution is 8.00. The summed E-state index contributed by atoms with van der Waals surface area (Å²) in [5.41, 5.74) is -5.13. The molecule has 2 fully saturated rings. The molecule has 2 saturated heterocycles. The van der Waals surface area contributed by atoms with Crippen molar-refractivity contribution in [1.29, 1.82) is 0 Å². The second kappa shape index (κ2) is 9.93. The van der Waals surface area contributed by atoms with Crippen LogP contribution >= 0.6 is 23.1 Å². The molecule has 0 saturated carbocycles. The first-order valence-corrected chi connectivity index (χ1v) is 13.4. The molecular weight excluding hydrogens is 550 g/mol. The number of aliphatic hydroxyl groups is 2. The first kappa shape index (κ1) is 27.1. The van der Waals surface area contributed by atoms with E-state index >= 15 is 0 Å². The Morgan fingerprint density at radius 1 is 1.32 bits per heavy atom. The monoisotopic (exact) mass is 575 g/mol. The summed E-state index contributed by atoms with van der Waals surface area (Å²) in [5.74, 6) is -0.711. The summed E-state index contributed by atoms with van der Waals surface area (Å²) in [4.78, 5) is 17.6. The van der Waals surface area contributed by atoms with Crippen LogP contribution in [0.5, 0.6) is 0 Å². The summed E-state index contributed by atoms with van der Waals surface area (Å²) in [6, 6.07) is 3.44. The van der Waals surface area contributed by atoms with Crippen molar-refractivity contribution in [3.63, 3.8) is 0 Å². The number of carbonyl (C=O) groups is 1. The van der Waals surface area contributed by atoms with Gasteiger partial charge in [0.2, 0.25) is 17.6 Å². The lowest BCUT2D eigenvalue weighted by atomic mass is 10.1. The van der Waals surface area contributed by atoms with E-state index in [0.717, 1.165) is 11.3 Å². The number of aliphatic hydroxyl groups excluding tert-OH is 1. The molecular formula is C23H25F4N5O4S2. The lowest BCUT2D eigenvalue weighted by Gasteiger charge is -2.25. The molecule has 4 heterocycles. The zero-order valence-corrected chi connectivity index (χ0v) is 21.9. The van der Waals surface area contributed by atoms with Crippen LogP contribution in [0.15, 0.2) is 27.6 Å². The van der Waals surface area contributed by atoms with Gasteiger partial charge in [0, 0.05) is 36.3 Å². The van der Waals surface area contributed by atoms with E-state index in [-0.39, 0.29) is 52.8 Å². The maximum absolute atomic E-state index is 14.9. The number of hydrogen-bond acceptors (Lipinski definition) is 10. The third-order valence-electron chi connectivity index (χ3n) is 6.18. The Morgan fingerprint density at radius 2 is 2.08 bits per heavy atom. The predicted octanol–water partition coefficient (Wildman–Crippen LogP) is 3.69. The zero-order valence-electron chi connectivity index (χ0n) is 20.3. The van der Waals surface area contributed by atoms with E-state index in [9.17, 15) is 32.6 Å². The first-order valence-electron chi connectivity index (χ1n) is 11.8. The van der Waals surface area contributed by atoms with Crippen LogP contribution in [0.25, 0.3) is 20.8 Å². The number of halogens is 4. The number of amides is 1. The maximum Gasteiger partial charge on any atom is 0.446 e. The Labute approximate surface area is 222 Å². The Balaban J connectivity index is 1.48. The SMILES string of the molecule is CC(C)(O)CN1C[C@H](F)[C@H](Nc2cccc3c(SC(F)(F)F)c(-c4noc([C@H]5C[C@H](O)C(=O)N5)n4)sc23)C1. The van der Waals surface area contributed by atoms with E-state index < -0.39 is 41.4 Å². The van der Waals surface area contributed by atoms with Crippen LogP contribution in [0.2, 0.25) is 0 Å². The van der Waals surface area contributed by atoms with Crippen molar-refractivity contribution < 1.29 is 37.1 Å². The van der Waals surface area contributed by atoms with Crippen molar-refractivity contribution >= 4 is 44.8 Å². The van der Waals surface area contributed by atoms with Gasteiger partial charge in [0.05, 0.1) is 26.9 Å². The van der Waals surface area contributed by atoms with Gasteiger partial charge in [-0.2, -0.15) is 18.2 Å². The summed E-state index contributed by atoms with van der Waals surface area (Å²) in [6.45, 7) is 4.00. The van der Waals surface area contributed by atoms with Gasteiger partial charge >= 0.3 is 5.51 Å². The quantitative estimate of drug-likeness (QED) is 0.247. The van der Waals surface area contributed by atoms with Crippen LogP contribution in [-0.2, 0) is 4.79 Å². The van der Waals surface area contributed by atoms with Gasteiger partial charge < -0.3 is 25.4 Å². The molecule has 9 nitrogen and oxygen atoms in total. The van der Waals surface area contributed by atoms with E-state index in [2.05, 4.69) is 20.8 Å². The van der Waals surface area contributed by atoms with Crippen molar-refractivity contribution in [3.05, 3.63) is 24.1 Å². The van der Waals surface area contributed by atoms with Gasteiger partial charge in [-0.05, 0) is 31.7 Å². The van der Waals surface area contributed by atoms with Gasteiger partial charge in [0.15, 0.2) is 0 Å². The second-order valence-electron chi connectivity index (χ2n) is 10.0. The minimum absolute atomic E-state index is 0.00137. The molecule has 2 aliphatic heterocycles. The average molecular weight is 576 g/mol. The van der Waals surface area contributed by atoms with E-state index in [0.29, 0.717) is 22.3 Å². The number of thiophene rings is 1. The van der Waals surface area contributed by atoms with Gasteiger partial charge in [-0.25, -0.2) is 4.39 Å². The lowest BCUT2D eigenvalue weighted by molar-refractivity contribution is -0.126. The van der Waals surface area contributed by atoms with Crippen molar-refractivity contribution in [1.82, 2.24) is 20.4 Å². The van der Waals surface area contributed by atoms with Gasteiger partial charge in [0.25, 0.3) is 0 Å². The molecule has 0 aliphatic carbocycles. The van der Waals surface area contributed by atoms with Crippen molar-refractivity contribution in [2.24, 2.45) is 0 Å². The predicted molar refractivity (Wildman–Crippen MR) is 134 cm³/mol. The molecule has 0 radical (unpaired) electrons. The molecule has 0 unspecified atom stereocenters. The van der Waals surface area contributed by atoms with E-state index in [1.807, 2.05) is 0 Å². The number of alkyl halides is 4.